The first-order valence-electron chi connectivity index (χ1n) is 8.91. The first-order chi connectivity index (χ1) is 15.3. The third-order valence-corrected chi connectivity index (χ3v) is 5.75. The van der Waals surface area contributed by atoms with Gasteiger partial charge in [0.2, 0.25) is 15.9 Å². The fraction of sp³-hybridized carbons (Fsp3) is 0.158. The zero-order valence-corrected chi connectivity index (χ0v) is 17.8. The van der Waals surface area contributed by atoms with Crippen molar-refractivity contribution in [3.05, 3.63) is 64.9 Å². The molecule has 3 N–H and O–H groups in total. The number of alkyl halides is 5. The van der Waals surface area contributed by atoms with Crippen molar-refractivity contribution in [1.82, 2.24) is 9.78 Å². The van der Waals surface area contributed by atoms with Crippen molar-refractivity contribution in [3.8, 4) is 11.1 Å². The van der Waals surface area contributed by atoms with Gasteiger partial charge in [-0.3, -0.25) is 4.79 Å². The molecule has 0 radical (unpaired) electrons. The largest absolute Gasteiger partial charge is 0.418 e. The van der Waals surface area contributed by atoms with E-state index in [1.165, 1.54) is 12.1 Å². The van der Waals surface area contributed by atoms with E-state index in [-0.39, 0.29) is 15.3 Å². The van der Waals surface area contributed by atoms with Crippen LogP contribution in [0.5, 0.6) is 0 Å². The molecular formula is C19H14ClF5N4O3S. The van der Waals surface area contributed by atoms with Crippen molar-refractivity contribution in [2.24, 2.45) is 5.14 Å². The first-order valence-corrected chi connectivity index (χ1v) is 10.8. The fourth-order valence-corrected chi connectivity index (χ4v) is 3.94. The number of halogens is 6. The molecule has 0 fully saturated rings. The van der Waals surface area contributed by atoms with Crippen LogP contribution in [0, 0.1) is 0 Å². The third kappa shape index (κ3) is 5.67. The molecule has 0 saturated heterocycles. The molecule has 2 aromatic carbocycles. The number of amides is 1. The van der Waals surface area contributed by atoms with Crippen LogP contribution >= 0.6 is 11.6 Å². The maximum atomic E-state index is 13.8. The number of aromatic nitrogens is 2. The number of carbonyl (C=O) groups excluding carboxylic acids is 1. The summed E-state index contributed by atoms with van der Waals surface area (Å²) in [6, 6.07) is 7.07. The van der Waals surface area contributed by atoms with Crippen LogP contribution in [0.4, 0.5) is 27.6 Å². The molecule has 7 nitrogen and oxygen atoms in total. The average Bonchev–Trinajstić information content (AvgIpc) is 3.18. The van der Waals surface area contributed by atoms with Crippen molar-refractivity contribution in [3.63, 3.8) is 0 Å². The van der Waals surface area contributed by atoms with Crippen molar-refractivity contribution >= 4 is 33.2 Å². The molecule has 0 aliphatic rings. The normalized spacial score (nSPS) is 12.2. The van der Waals surface area contributed by atoms with E-state index in [1.807, 2.05) is 5.32 Å². The van der Waals surface area contributed by atoms with Gasteiger partial charge in [0.25, 0.3) is 0 Å². The van der Waals surface area contributed by atoms with E-state index in [2.05, 4.69) is 5.10 Å². The maximum absolute atomic E-state index is 13.8. The van der Waals surface area contributed by atoms with Crippen LogP contribution in [-0.2, 0) is 27.4 Å². The molecule has 14 heteroatoms. The highest BCUT2D eigenvalue weighted by Gasteiger charge is 2.36. The number of hydrogen-bond acceptors (Lipinski definition) is 4. The number of nitrogens with zero attached hydrogens (tertiary/aromatic N) is 2. The monoisotopic (exact) mass is 508 g/mol. The second-order valence-electron chi connectivity index (χ2n) is 6.74. The number of hydrogen-bond donors (Lipinski definition) is 2. The zero-order valence-electron chi connectivity index (χ0n) is 16.3. The standard InChI is InChI=1S/C19H14ClF5N4O3S/c20-14-4-2-1-3-10(14)5-17(30)28-15-7-16(33(26,31)32)12(6-13(15)19(23,24)25)11-8-27-29(9-11)18(21)22/h1-4,6-9,18H,5H2,(H,28,30)(H2,26,31,32). The number of carbonyl (C=O) groups is 1. The molecule has 0 spiro atoms. The van der Waals surface area contributed by atoms with Crippen LogP contribution < -0.4 is 10.5 Å². The summed E-state index contributed by atoms with van der Waals surface area (Å²) in [4.78, 5) is 11.6. The second-order valence-corrected chi connectivity index (χ2v) is 8.68. The topological polar surface area (TPSA) is 107 Å². The Morgan fingerprint density at radius 2 is 1.88 bits per heavy atom. The summed E-state index contributed by atoms with van der Waals surface area (Å²) in [5.41, 5.74) is -2.93. The summed E-state index contributed by atoms with van der Waals surface area (Å²) < 4.78 is 91.2. The Balaban J connectivity index is 2.11. The molecule has 0 aliphatic carbocycles. The lowest BCUT2D eigenvalue weighted by Crippen LogP contribution is -2.21. The number of nitrogens with two attached hydrogens (primary N) is 1. The lowest BCUT2D eigenvalue weighted by atomic mass is 10.0. The van der Waals surface area contributed by atoms with Gasteiger partial charge in [-0.25, -0.2) is 18.2 Å². The highest BCUT2D eigenvalue weighted by atomic mass is 35.5. The van der Waals surface area contributed by atoms with E-state index < -0.39 is 56.8 Å². The van der Waals surface area contributed by atoms with Crippen molar-refractivity contribution in [2.45, 2.75) is 24.0 Å². The summed E-state index contributed by atoms with van der Waals surface area (Å²) >= 11 is 5.96. The van der Waals surface area contributed by atoms with Gasteiger partial charge in [-0.1, -0.05) is 29.8 Å². The minimum Gasteiger partial charge on any atom is -0.325 e. The van der Waals surface area contributed by atoms with Gasteiger partial charge in [-0.2, -0.15) is 27.1 Å². The van der Waals surface area contributed by atoms with Gasteiger partial charge in [-0.15, -0.1) is 0 Å². The zero-order chi connectivity index (χ0) is 24.6. The molecule has 3 rings (SSSR count). The Morgan fingerprint density at radius 1 is 1.21 bits per heavy atom. The molecule has 1 aromatic heterocycles. The van der Waals surface area contributed by atoms with Crippen LogP contribution in [0.3, 0.4) is 0 Å². The molecule has 33 heavy (non-hydrogen) atoms. The van der Waals surface area contributed by atoms with E-state index in [0.717, 1.165) is 6.20 Å². The van der Waals surface area contributed by atoms with Crippen LogP contribution in [0.2, 0.25) is 5.02 Å². The van der Waals surface area contributed by atoms with Gasteiger partial charge in [0, 0.05) is 22.3 Å². The molecular weight excluding hydrogens is 495 g/mol. The molecule has 0 saturated carbocycles. The van der Waals surface area contributed by atoms with Gasteiger partial charge >= 0.3 is 12.7 Å². The molecule has 176 valence electrons. The summed E-state index contributed by atoms with van der Waals surface area (Å²) in [5, 5.41) is 10.7. The molecule has 0 atom stereocenters. The molecule has 0 aliphatic heterocycles. The number of benzene rings is 2. The van der Waals surface area contributed by atoms with E-state index in [4.69, 9.17) is 16.7 Å². The quantitative estimate of drug-likeness (QED) is 0.480. The van der Waals surface area contributed by atoms with Gasteiger partial charge < -0.3 is 5.32 Å². The SMILES string of the molecule is NS(=O)(=O)c1cc(NC(=O)Cc2ccccc2Cl)c(C(F)(F)F)cc1-c1cnn(C(F)F)c1. The van der Waals surface area contributed by atoms with Crippen molar-refractivity contribution in [1.29, 1.82) is 0 Å². The Bertz CT molecular complexity index is 1310. The molecule has 3 aromatic rings. The van der Waals surface area contributed by atoms with E-state index in [1.54, 1.807) is 12.1 Å². The average molecular weight is 509 g/mol. The Kier molecular flexibility index (Phi) is 6.77. The van der Waals surface area contributed by atoms with Crippen molar-refractivity contribution in [2.75, 3.05) is 5.32 Å². The number of primary sulfonamides is 1. The van der Waals surface area contributed by atoms with Gasteiger partial charge in [-0.05, 0) is 23.8 Å². The summed E-state index contributed by atoms with van der Waals surface area (Å²) in [7, 11) is -4.64. The van der Waals surface area contributed by atoms with Gasteiger partial charge in [0.05, 0.1) is 28.8 Å². The second kappa shape index (κ2) is 9.08. The number of rotatable bonds is 6. The van der Waals surface area contributed by atoms with Crippen LogP contribution in [0.25, 0.3) is 11.1 Å². The molecule has 0 bridgehead atoms. The lowest BCUT2D eigenvalue weighted by Gasteiger charge is -2.18. The van der Waals surface area contributed by atoms with Crippen LogP contribution in [0.15, 0.2) is 53.7 Å². The summed E-state index contributed by atoms with van der Waals surface area (Å²) in [6.07, 6.45) is -4.00. The minimum absolute atomic E-state index is 0.134. The van der Waals surface area contributed by atoms with Gasteiger partial charge in [0.1, 0.15) is 0 Å². The fourth-order valence-electron chi connectivity index (χ4n) is 2.97. The van der Waals surface area contributed by atoms with E-state index >= 15 is 0 Å². The Morgan fingerprint density at radius 3 is 2.42 bits per heavy atom. The predicted molar refractivity (Wildman–Crippen MR) is 109 cm³/mol. The van der Waals surface area contributed by atoms with Gasteiger partial charge in [0.15, 0.2) is 0 Å². The molecule has 0 unspecified atom stereocenters. The predicted octanol–water partition coefficient (Wildman–Crippen LogP) is 4.45. The van der Waals surface area contributed by atoms with Crippen LogP contribution in [-0.4, -0.2) is 24.1 Å². The number of nitrogens with one attached hydrogen (secondary N) is 1. The molecule has 1 heterocycles. The van der Waals surface area contributed by atoms with Crippen LogP contribution in [0.1, 0.15) is 17.7 Å². The number of anilines is 1. The summed E-state index contributed by atoms with van der Waals surface area (Å²) in [5.74, 6) is -0.910. The van der Waals surface area contributed by atoms with E-state index in [0.29, 0.717) is 23.9 Å². The number of sulfonamides is 1. The minimum atomic E-state index is -5.04. The maximum Gasteiger partial charge on any atom is 0.418 e. The highest BCUT2D eigenvalue weighted by Crippen LogP contribution is 2.40. The first kappa shape index (κ1) is 24.6. The lowest BCUT2D eigenvalue weighted by molar-refractivity contribution is -0.137. The van der Waals surface area contributed by atoms with E-state index in [9.17, 15) is 35.2 Å². The Labute approximate surface area is 189 Å². The molecule has 1 amide bonds. The third-order valence-electron chi connectivity index (χ3n) is 4.43. The Hall–Kier alpha value is -3.03. The highest BCUT2D eigenvalue weighted by molar-refractivity contribution is 7.89. The van der Waals surface area contributed by atoms with Crippen molar-refractivity contribution < 1.29 is 35.2 Å². The summed E-state index contributed by atoms with van der Waals surface area (Å²) in [6.45, 7) is -3.11. The smallest absolute Gasteiger partial charge is 0.325 e.